The van der Waals surface area contributed by atoms with Crippen molar-refractivity contribution in [3.8, 4) is 0 Å². The Balaban J connectivity index is 1.55. The number of hydrogen-bond acceptors (Lipinski definition) is 3. The predicted octanol–water partition coefficient (Wildman–Crippen LogP) is 4.67. The quantitative estimate of drug-likeness (QED) is 0.702. The van der Waals surface area contributed by atoms with Gasteiger partial charge >= 0.3 is 5.92 Å². The van der Waals surface area contributed by atoms with E-state index < -0.39 is 29.5 Å². The Bertz CT molecular complexity index is 817. The summed E-state index contributed by atoms with van der Waals surface area (Å²) in [6.45, 7) is 0.927. The minimum atomic E-state index is -3.53. The van der Waals surface area contributed by atoms with Crippen LogP contribution in [0.5, 0.6) is 0 Å². The summed E-state index contributed by atoms with van der Waals surface area (Å²) in [6, 6.07) is 11.1. The molecule has 0 atom stereocenters. The molecule has 2 aromatic rings. The molecule has 1 aliphatic rings. The van der Waals surface area contributed by atoms with Gasteiger partial charge in [-0.2, -0.15) is 8.78 Å². The van der Waals surface area contributed by atoms with Gasteiger partial charge in [0, 0.05) is 36.6 Å². The van der Waals surface area contributed by atoms with E-state index in [0.717, 1.165) is 29.8 Å². The maximum absolute atomic E-state index is 14.3. The number of aliphatic hydroxyl groups is 1. The summed E-state index contributed by atoms with van der Waals surface area (Å²) in [7, 11) is 0. The van der Waals surface area contributed by atoms with Crippen molar-refractivity contribution >= 4 is 17.4 Å². The minimum absolute atomic E-state index is 0.0383. The topological polar surface area (TPSA) is 40.5 Å². The standard InChI is InChI=1S/C21H21ClF3NO2/c22-17-5-3-16(4-6-17)20(28)9-12-26(13-10-20)14-11-21(24,25)19(27)15-1-7-18(23)8-2-15/h1-8,28H,9-14H2. The Morgan fingerprint density at radius 3 is 2.21 bits per heavy atom. The molecule has 7 heteroatoms. The highest BCUT2D eigenvalue weighted by molar-refractivity contribution is 6.30. The third kappa shape index (κ3) is 4.74. The molecule has 1 N–H and O–H groups in total. The number of hydrogen-bond donors (Lipinski definition) is 1. The Morgan fingerprint density at radius 2 is 1.64 bits per heavy atom. The Morgan fingerprint density at radius 1 is 1.07 bits per heavy atom. The zero-order chi connectivity index (χ0) is 20.4. The van der Waals surface area contributed by atoms with E-state index in [2.05, 4.69) is 0 Å². The molecule has 1 fully saturated rings. The Kier molecular flexibility index (Phi) is 6.12. The Hall–Kier alpha value is -1.89. The molecule has 0 amide bonds. The number of carbonyl (C=O) groups is 1. The zero-order valence-electron chi connectivity index (χ0n) is 15.2. The van der Waals surface area contributed by atoms with E-state index in [4.69, 9.17) is 11.6 Å². The largest absolute Gasteiger partial charge is 0.385 e. The molecule has 3 rings (SSSR count). The molecule has 2 aromatic carbocycles. The number of benzene rings is 2. The van der Waals surface area contributed by atoms with E-state index in [9.17, 15) is 23.1 Å². The van der Waals surface area contributed by atoms with Crippen LogP contribution in [-0.2, 0) is 5.60 Å². The van der Waals surface area contributed by atoms with Gasteiger partial charge in [-0.1, -0.05) is 23.7 Å². The van der Waals surface area contributed by atoms with Crippen molar-refractivity contribution in [2.75, 3.05) is 19.6 Å². The monoisotopic (exact) mass is 411 g/mol. The fourth-order valence-corrected chi connectivity index (χ4v) is 3.55. The SMILES string of the molecule is O=C(c1ccc(F)cc1)C(F)(F)CCN1CCC(O)(c2ccc(Cl)cc2)CC1. The second kappa shape index (κ2) is 8.23. The summed E-state index contributed by atoms with van der Waals surface area (Å²) in [6.07, 6.45) is 0.195. The molecule has 1 saturated heterocycles. The number of ketones is 1. The minimum Gasteiger partial charge on any atom is -0.385 e. The lowest BCUT2D eigenvalue weighted by molar-refractivity contribution is -0.0367. The number of rotatable bonds is 6. The molecule has 1 heterocycles. The van der Waals surface area contributed by atoms with Crippen LogP contribution in [0.15, 0.2) is 48.5 Å². The second-order valence-electron chi connectivity index (χ2n) is 7.17. The molecule has 0 aromatic heterocycles. The highest BCUT2D eigenvalue weighted by Gasteiger charge is 2.40. The van der Waals surface area contributed by atoms with Gasteiger partial charge in [0.15, 0.2) is 0 Å². The lowest BCUT2D eigenvalue weighted by Crippen LogP contribution is -2.44. The maximum Gasteiger partial charge on any atom is 0.310 e. The van der Waals surface area contributed by atoms with Crippen molar-refractivity contribution in [3.05, 3.63) is 70.5 Å². The fraction of sp³-hybridized carbons (Fsp3) is 0.381. The van der Waals surface area contributed by atoms with Crippen molar-refractivity contribution in [1.82, 2.24) is 4.90 Å². The molecule has 0 aliphatic carbocycles. The van der Waals surface area contributed by atoms with Crippen molar-refractivity contribution in [2.24, 2.45) is 0 Å². The van der Waals surface area contributed by atoms with Crippen LogP contribution in [0.3, 0.4) is 0 Å². The smallest absolute Gasteiger partial charge is 0.310 e. The van der Waals surface area contributed by atoms with E-state index in [1.807, 2.05) is 4.90 Å². The van der Waals surface area contributed by atoms with Crippen LogP contribution in [-0.4, -0.2) is 41.3 Å². The number of alkyl halides is 2. The predicted molar refractivity (Wildman–Crippen MR) is 101 cm³/mol. The molecule has 28 heavy (non-hydrogen) atoms. The summed E-state index contributed by atoms with van der Waals surface area (Å²) in [5, 5.41) is 11.4. The van der Waals surface area contributed by atoms with Gasteiger partial charge in [-0.15, -0.1) is 0 Å². The summed E-state index contributed by atoms with van der Waals surface area (Å²) < 4.78 is 41.5. The average Bonchev–Trinajstić information content (AvgIpc) is 2.68. The molecule has 0 spiro atoms. The maximum atomic E-state index is 14.3. The lowest BCUT2D eigenvalue weighted by atomic mass is 9.84. The number of nitrogens with zero attached hydrogens (tertiary/aromatic N) is 1. The van der Waals surface area contributed by atoms with Gasteiger partial charge in [0.25, 0.3) is 0 Å². The van der Waals surface area contributed by atoms with E-state index >= 15 is 0 Å². The summed E-state index contributed by atoms with van der Waals surface area (Å²) in [5.41, 5.74) is -0.455. The fourth-order valence-electron chi connectivity index (χ4n) is 3.42. The van der Waals surface area contributed by atoms with E-state index in [0.29, 0.717) is 31.0 Å². The third-order valence-electron chi connectivity index (χ3n) is 5.25. The molecular weight excluding hydrogens is 391 g/mol. The number of piperidine rings is 1. The zero-order valence-corrected chi connectivity index (χ0v) is 15.9. The highest BCUT2D eigenvalue weighted by atomic mass is 35.5. The van der Waals surface area contributed by atoms with Gasteiger partial charge in [-0.25, -0.2) is 4.39 Å². The van der Waals surface area contributed by atoms with Gasteiger partial charge in [0.1, 0.15) is 5.82 Å². The summed E-state index contributed by atoms with van der Waals surface area (Å²) in [4.78, 5) is 13.8. The number of likely N-dealkylation sites (tertiary alicyclic amines) is 1. The Labute approximate surface area is 166 Å². The normalized spacial score (nSPS) is 17.5. The summed E-state index contributed by atoms with van der Waals surface area (Å²) >= 11 is 5.87. The molecule has 150 valence electrons. The average molecular weight is 412 g/mol. The third-order valence-corrected chi connectivity index (χ3v) is 5.50. The van der Waals surface area contributed by atoms with Crippen molar-refractivity contribution in [3.63, 3.8) is 0 Å². The number of halogens is 4. The van der Waals surface area contributed by atoms with Crippen molar-refractivity contribution in [1.29, 1.82) is 0 Å². The molecule has 0 saturated carbocycles. The summed E-state index contributed by atoms with van der Waals surface area (Å²) in [5.74, 6) is -5.41. The van der Waals surface area contributed by atoms with Crippen LogP contribution in [0.25, 0.3) is 0 Å². The van der Waals surface area contributed by atoms with Crippen molar-refractivity contribution < 1.29 is 23.1 Å². The van der Waals surface area contributed by atoms with Crippen LogP contribution in [0.2, 0.25) is 5.02 Å². The van der Waals surface area contributed by atoms with E-state index in [1.54, 1.807) is 24.3 Å². The number of Topliss-reactive ketones (excluding diaryl/α,β-unsaturated/α-hetero) is 1. The molecule has 3 nitrogen and oxygen atoms in total. The van der Waals surface area contributed by atoms with E-state index in [-0.39, 0.29) is 12.1 Å². The van der Waals surface area contributed by atoms with Gasteiger partial charge in [-0.05, 0) is 54.8 Å². The van der Waals surface area contributed by atoms with Gasteiger partial charge in [-0.3, -0.25) is 4.79 Å². The number of carbonyl (C=O) groups excluding carboxylic acids is 1. The van der Waals surface area contributed by atoms with Gasteiger partial charge in [0.2, 0.25) is 5.78 Å². The van der Waals surface area contributed by atoms with Crippen LogP contribution < -0.4 is 0 Å². The van der Waals surface area contributed by atoms with E-state index in [1.165, 1.54) is 0 Å². The van der Waals surface area contributed by atoms with Gasteiger partial charge < -0.3 is 10.0 Å². The highest BCUT2D eigenvalue weighted by Crippen LogP contribution is 2.34. The molecule has 0 unspecified atom stereocenters. The van der Waals surface area contributed by atoms with Crippen molar-refractivity contribution in [2.45, 2.75) is 30.8 Å². The second-order valence-corrected chi connectivity index (χ2v) is 7.61. The first kappa shape index (κ1) is 20.8. The first-order valence-electron chi connectivity index (χ1n) is 9.09. The van der Waals surface area contributed by atoms with Crippen LogP contribution >= 0.6 is 11.6 Å². The van der Waals surface area contributed by atoms with Crippen LogP contribution in [0, 0.1) is 5.82 Å². The first-order chi connectivity index (χ1) is 13.2. The van der Waals surface area contributed by atoms with Crippen LogP contribution in [0.1, 0.15) is 35.2 Å². The molecule has 0 radical (unpaired) electrons. The molecular formula is C21H21ClF3NO2. The molecule has 0 bridgehead atoms. The molecule has 1 aliphatic heterocycles. The lowest BCUT2D eigenvalue weighted by Gasteiger charge is -2.39. The first-order valence-corrected chi connectivity index (χ1v) is 9.46. The van der Waals surface area contributed by atoms with Crippen LogP contribution in [0.4, 0.5) is 13.2 Å². The van der Waals surface area contributed by atoms with Gasteiger partial charge in [0.05, 0.1) is 5.60 Å².